The van der Waals surface area contributed by atoms with E-state index in [1.165, 1.54) is 16.7 Å². The first-order valence-electron chi connectivity index (χ1n) is 9.33. The highest BCUT2D eigenvalue weighted by Crippen LogP contribution is 2.32. The third-order valence-corrected chi connectivity index (χ3v) is 8.01. The Morgan fingerprint density at radius 3 is 1.74 bits per heavy atom. The number of benzene rings is 2. The van der Waals surface area contributed by atoms with E-state index in [0.717, 1.165) is 18.2 Å². The smallest absolute Gasteiger partial charge is 0.494 e. The van der Waals surface area contributed by atoms with Gasteiger partial charge in [0.2, 0.25) is 0 Å². The number of ether oxygens (including phenoxy) is 1. The predicted octanol–water partition coefficient (Wildman–Crippen LogP) is 4.97. The summed E-state index contributed by atoms with van der Waals surface area (Å²) in [5, 5.41) is 0. The number of hydrogen-bond donors (Lipinski definition) is 0. The molecule has 0 aliphatic carbocycles. The minimum absolute atomic E-state index is 0.0488. The van der Waals surface area contributed by atoms with Gasteiger partial charge in [0.05, 0.1) is 6.61 Å². The Balaban J connectivity index is 1.94. The molecule has 0 bridgehead atoms. The fourth-order valence-corrected chi connectivity index (χ4v) is 4.83. The second-order valence-electron chi connectivity index (χ2n) is 7.26. The van der Waals surface area contributed by atoms with E-state index in [1.54, 1.807) is 21.3 Å². The zero-order valence-corrected chi connectivity index (χ0v) is 18.4. The van der Waals surface area contributed by atoms with Crippen LogP contribution in [0.2, 0.25) is 6.04 Å². The first-order chi connectivity index (χ1) is 12.9. The van der Waals surface area contributed by atoms with Gasteiger partial charge in [0, 0.05) is 32.8 Å². The van der Waals surface area contributed by atoms with Gasteiger partial charge in [0.25, 0.3) is 0 Å². The van der Waals surface area contributed by atoms with E-state index in [0.29, 0.717) is 6.61 Å². The van der Waals surface area contributed by atoms with Crippen molar-refractivity contribution in [3.8, 4) is 5.75 Å². The molecule has 0 fully saturated rings. The zero-order chi connectivity index (χ0) is 19.9. The molecule has 0 heterocycles. The molecule has 0 saturated carbocycles. The SMILES string of the molecule is CO[Si](CCCOc1ccc(C(C)(C)c2ccc(C)cc2)cc1)(OC)OC. The quantitative estimate of drug-likeness (QED) is 0.425. The van der Waals surface area contributed by atoms with E-state index in [9.17, 15) is 0 Å². The van der Waals surface area contributed by atoms with Crippen LogP contribution < -0.4 is 4.74 Å². The van der Waals surface area contributed by atoms with E-state index in [1.807, 2.05) is 12.1 Å². The molecule has 2 aromatic rings. The van der Waals surface area contributed by atoms with Gasteiger partial charge in [-0.15, -0.1) is 0 Å². The van der Waals surface area contributed by atoms with Crippen LogP contribution in [0.4, 0.5) is 0 Å². The van der Waals surface area contributed by atoms with E-state index in [4.69, 9.17) is 18.0 Å². The lowest BCUT2D eigenvalue weighted by Gasteiger charge is -2.26. The molecule has 0 radical (unpaired) electrons. The number of rotatable bonds is 10. The first-order valence-corrected chi connectivity index (χ1v) is 11.3. The Hall–Kier alpha value is -1.66. The highest BCUT2D eigenvalue weighted by atomic mass is 28.4. The van der Waals surface area contributed by atoms with Crippen LogP contribution in [0.1, 0.15) is 37.0 Å². The van der Waals surface area contributed by atoms with Crippen molar-refractivity contribution in [3.63, 3.8) is 0 Å². The Labute approximate surface area is 164 Å². The minimum Gasteiger partial charge on any atom is -0.494 e. The third-order valence-electron chi connectivity index (χ3n) is 5.18. The van der Waals surface area contributed by atoms with Crippen LogP contribution >= 0.6 is 0 Å². The molecule has 148 valence electrons. The number of aryl methyl sites for hydroxylation is 1. The van der Waals surface area contributed by atoms with E-state index >= 15 is 0 Å². The average Bonchev–Trinajstić information content (AvgIpc) is 2.69. The molecule has 2 aromatic carbocycles. The summed E-state index contributed by atoms with van der Waals surface area (Å²) < 4.78 is 22.2. The molecule has 0 aromatic heterocycles. The van der Waals surface area contributed by atoms with Crippen molar-refractivity contribution in [2.24, 2.45) is 0 Å². The standard InChI is InChI=1S/C22H32O4Si/c1-18-8-10-19(11-9-18)22(2,3)20-12-14-21(15-13-20)26-16-7-17-27(23-4,24-5)25-6/h8-15H,7,16-17H2,1-6H3. The Morgan fingerprint density at radius 2 is 1.26 bits per heavy atom. The van der Waals surface area contributed by atoms with Gasteiger partial charge < -0.3 is 18.0 Å². The predicted molar refractivity (Wildman–Crippen MR) is 111 cm³/mol. The van der Waals surface area contributed by atoms with Gasteiger partial charge in [-0.3, -0.25) is 0 Å². The second-order valence-corrected chi connectivity index (χ2v) is 10.4. The molecule has 4 nitrogen and oxygen atoms in total. The van der Waals surface area contributed by atoms with Gasteiger partial charge in [-0.25, -0.2) is 0 Å². The highest BCUT2D eigenvalue weighted by molar-refractivity contribution is 6.60. The van der Waals surface area contributed by atoms with Crippen LogP contribution in [0.25, 0.3) is 0 Å². The molecule has 0 N–H and O–H groups in total. The molecule has 27 heavy (non-hydrogen) atoms. The van der Waals surface area contributed by atoms with Crippen molar-refractivity contribution in [1.82, 2.24) is 0 Å². The van der Waals surface area contributed by atoms with Gasteiger partial charge in [-0.2, -0.15) is 0 Å². The average molecular weight is 389 g/mol. The summed E-state index contributed by atoms with van der Waals surface area (Å²) in [7, 11) is 2.39. The van der Waals surface area contributed by atoms with Crippen molar-refractivity contribution in [3.05, 3.63) is 65.2 Å². The van der Waals surface area contributed by atoms with Crippen LogP contribution in [0.5, 0.6) is 5.75 Å². The molecule has 0 saturated heterocycles. The van der Waals surface area contributed by atoms with Crippen LogP contribution in [-0.2, 0) is 18.7 Å². The lowest BCUT2D eigenvalue weighted by molar-refractivity contribution is 0.121. The maximum Gasteiger partial charge on any atom is 0.500 e. The van der Waals surface area contributed by atoms with E-state index < -0.39 is 8.80 Å². The monoisotopic (exact) mass is 388 g/mol. The summed E-state index contributed by atoms with van der Waals surface area (Å²) in [6, 6.07) is 17.8. The summed E-state index contributed by atoms with van der Waals surface area (Å²) in [6.07, 6.45) is 0.818. The molecule has 0 atom stereocenters. The molecule has 0 amide bonds. The fourth-order valence-electron chi connectivity index (χ4n) is 3.14. The molecular weight excluding hydrogens is 356 g/mol. The maximum atomic E-state index is 5.88. The molecular formula is C22H32O4Si. The normalized spacial score (nSPS) is 12.2. The Morgan fingerprint density at radius 1 is 0.778 bits per heavy atom. The summed E-state index contributed by atoms with van der Waals surface area (Å²) in [5.74, 6) is 0.873. The molecule has 0 unspecified atom stereocenters. The highest BCUT2D eigenvalue weighted by Gasteiger charge is 2.36. The third kappa shape index (κ3) is 5.42. The van der Waals surface area contributed by atoms with Crippen molar-refractivity contribution >= 4 is 8.80 Å². The van der Waals surface area contributed by atoms with Crippen LogP contribution in [0.3, 0.4) is 0 Å². The molecule has 0 aliphatic heterocycles. The van der Waals surface area contributed by atoms with Crippen molar-refractivity contribution in [1.29, 1.82) is 0 Å². The summed E-state index contributed by atoms with van der Waals surface area (Å²) in [6.45, 7) is 7.21. The molecule has 5 heteroatoms. The summed E-state index contributed by atoms with van der Waals surface area (Å²) in [5.41, 5.74) is 3.80. The van der Waals surface area contributed by atoms with Gasteiger partial charge in [0.1, 0.15) is 5.75 Å². The largest absolute Gasteiger partial charge is 0.500 e. The lowest BCUT2D eigenvalue weighted by Crippen LogP contribution is -2.42. The molecule has 0 aliphatic rings. The van der Waals surface area contributed by atoms with Crippen molar-refractivity contribution in [2.45, 2.75) is 38.7 Å². The van der Waals surface area contributed by atoms with Crippen LogP contribution in [0, 0.1) is 6.92 Å². The maximum absolute atomic E-state index is 5.88. The van der Waals surface area contributed by atoms with Gasteiger partial charge in [0.15, 0.2) is 0 Å². The first kappa shape index (κ1) is 21.6. The molecule has 0 spiro atoms. The van der Waals surface area contributed by atoms with Crippen LogP contribution in [0.15, 0.2) is 48.5 Å². The number of hydrogen-bond acceptors (Lipinski definition) is 4. The van der Waals surface area contributed by atoms with Gasteiger partial charge in [-0.1, -0.05) is 55.8 Å². The second kappa shape index (κ2) is 9.51. The van der Waals surface area contributed by atoms with Crippen LogP contribution in [-0.4, -0.2) is 36.7 Å². The minimum atomic E-state index is -2.51. The lowest BCUT2D eigenvalue weighted by atomic mass is 9.78. The fraction of sp³-hybridized carbons (Fsp3) is 0.455. The Bertz CT molecular complexity index is 683. The van der Waals surface area contributed by atoms with Gasteiger partial charge in [-0.05, 0) is 36.6 Å². The Kier molecular flexibility index (Phi) is 7.62. The topological polar surface area (TPSA) is 36.9 Å². The summed E-state index contributed by atoms with van der Waals surface area (Å²) in [4.78, 5) is 0. The summed E-state index contributed by atoms with van der Waals surface area (Å²) >= 11 is 0. The van der Waals surface area contributed by atoms with Gasteiger partial charge >= 0.3 is 8.80 Å². The zero-order valence-electron chi connectivity index (χ0n) is 17.4. The van der Waals surface area contributed by atoms with E-state index in [-0.39, 0.29) is 5.41 Å². The van der Waals surface area contributed by atoms with Crippen molar-refractivity contribution < 1.29 is 18.0 Å². The van der Waals surface area contributed by atoms with E-state index in [2.05, 4.69) is 57.2 Å². The molecule has 2 rings (SSSR count). The van der Waals surface area contributed by atoms with Crippen molar-refractivity contribution in [2.75, 3.05) is 27.9 Å².